The molecule has 1 aliphatic rings. The highest BCUT2D eigenvalue weighted by atomic mass is 16.5. The van der Waals surface area contributed by atoms with E-state index in [1.54, 1.807) is 14.2 Å². The van der Waals surface area contributed by atoms with Gasteiger partial charge in [-0.2, -0.15) is 0 Å². The van der Waals surface area contributed by atoms with Gasteiger partial charge in [0.2, 0.25) is 5.91 Å². The van der Waals surface area contributed by atoms with Crippen molar-refractivity contribution in [2.45, 2.75) is 39.2 Å². The van der Waals surface area contributed by atoms with Crippen LogP contribution in [0.5, 0.6) is 11.5 Å². The highest BCUT2D eigenvalue weighted by molar-refractivity contribution is 6.29. The van der Waals surface area contributed by atoms with Crippen molar-refractivity contribution in [2.24, 2.45) is 5.92 Å². The van der Waals surface area contributed by atoms with Gasteiger partial charge in [-0.3, -0.25) is 9.59 Å². The first kappa shape index (κ1) is 21.6. The van der Waals surface area contributed by atoms with Crippen molar-refractivity contribution < 1.29 is 19.1 Å². The average Bonchev–Trinajstić information content (AvgIpc) is 2.77. The number of nitrogens with one attached hydrogen (secondary N) is 1. The number of ether oxygens (including phenoxy) is 2. The molecule has 0 fully saturated rings. The van der Waals surface area contributed by atoms with E-state index in [1.807, 2.05) is 48.5 Å². The van der Waals surface area contributed by atoms with Crippen LogP contribution in [-0.2, 0) is 4.79 Å². The van der Waals surface area contributed by atoms with E-state index in [0.29, 0.717) is 22.6 Å². The predicted molar refractivity (Wildman–Crippen MR) is 118 cm³/mol. The zero-order valence-corrected chi connectivity index (χ0v) is 18.0. The molecule has 1 aliphatic carbocycles. The molecule has 3 rings (SSSR count). The molecule has 0 aliphatic heterocycles. The van der Waals surface area contributed by atoms with Gasteiger partial charge in [0.05, 0.1) is 20.3 Å². The van der Waals surface area contributed by atoms with Gasteiger partial charge in [-0.1, -0.05) is 56.2 Å². The minimum Gasteiger partial charge on any atom is -0.493 e. The molecule has 30 heavy (non-hydrogen) atoms. The second kappa shape index (κ2) is 9.61. The molecule has 0 saturated carbocycles. The number of Topliss-reactive ketones (excluding diaryl/α,β-unsaturated/α-hetero) is 1. The van der Waals surface area contributed by atoms with E-state index in [-0.39, 0.29) is 23.7 Å². The Kier molecular flexibility index (Phi) is 6.93. The van der Waals surface area contributed by atoms with E-state index in [0.717, 1.165) is 30.4 Å². The Morgan fingerprint density at radius 1 is 1.03 bits per heavy atom. The van der Waals surface area contributed by atoms with Gasteiger partial charge in [0.25, 0.3) is 0 Å². The van der Waals surface area contributed by atoms with Crippen LogP contribution in [0.25, 0.3) is 5.57 Å². The Morgan fingerprint density at radius 2 is 1.70 bits per heavy atom. The summed E-state index contributed by atoms with van der Waals surface area (Å²) in [6.07, 6.45) is 4.95. The van der Waals surface area contributed by atoms with Crippen molar-refractivity contribution >= 4 is 17.3 Å². The van der Waals surface area contributed by atoms with E-state index in [9.17, 15) is 9.59 Å². The zero-order chi connectivity index (χ0) is 21.7. The van der Waals surface area contributed by atoms with Gasteiger partial charge in [0.1, 0.15) is 0 Å². The van der Waals surface area contributed by atoms with E-state index in [4.69, 9.17) is 9.47 Å². The average molecular weight is 408 g/mol. The van der Waals surface area contributed by atoms with E-state index in [1.165, 1.54) is 6.92 Å². The number of hydrogen-bond acceptors (Lipinski definition) is 4. The third kappa shape index (κ3) is 4.40. The van der Waals surface area contributed by atoms with Crippen molar-refractivity contribution in [3.63, 3.8) is 0 Å². The highest BCUT2D eigenvalue weighted by Gasteiger charge is 2.34. The molecule has 0 bridgehead atoms. The first-order chi connectivity index (χ1) is 14.5. The number of hydrogen-bond donors (Lipinski definition) is 1. The maximum Gasteiger partial charge on any atom is 0.217 e. The van der Waals surface area contributed by atoms with Crippen LogP contribution in [0.1, 0.15) is 60.6 Å². The smallest absolute Gasteiger partial charge is 0.217 e. The molecule has 2 aromatic rings. The predicted octanol–water partition coefficient (Wildman–Crippen LogP) is 4.97. The Hall–Kier alpha value is -3.08. The maximum atomic E-state index is 13.4. The summed E-state index contributed by atoms with van der Waals surface area (Å²) in [4.78, 5) is 25.4. The van der Waals surface area contributed by atoms with Gasteiger partial charge in [-0.05, 0) is 29.7 Å². The molecular formula is C25H29NO4. The zero-order valence-electron chi connectivity index (χ0n) is 18.0. The fourth-order valence-corrected chi connectivity index (χ4v) is 4.05. The summed E-state index contributed by atoms with van der Waals surface area (Å²) in [6.45, 7) is 3.66. The highest BCUT2D eigenvalue weighted by Crippen LogP contribution is 2.44. The van der Waals surface area contributed by atoms with Crippen LogP contribution in [0.15, 0.2) is 48.5 Å². The Bertz CT molecular complexity index is 949. The second-order valence-corrected chi connectivity index (χ2v) is 7.55. The largest absolute Gasteiger partial charge is 0.493 e. The molecule has 5 heteroatoms. The van der Waals surface area contributed by atoms with Crippen LogP contribution in [0, 0.1) is 5.92 Å². The molecule has 0 spiro atoms. The van der Waals surface area contributed by atoms with Crippen molar-refractivity contribution in [3.8, 4) is 11.5 Å². The summed E-state index contributed by atoms with van der Waals surface area (Å²) in [7, 11) is 3.16. The summed E-state index contributed by atoms with van der Waals surface area (Å²) in [6, 6.07) is 12.8. The number of unbranched alkanes of at least 4 members (excludes halogenated alkanes) is 1. The number of allylic oxidation sites excluding steroid dienone is 1. The van der Waals surface area contributed by atoms with Gasteiger partial charge in [-0.15, -0.1) is 0 Å². The monoisotopic (exact) mass is 407 g/mol. The number of fused-ring (bicyclic) bond motifs is 1. The molecule has 5 nitrogen and oxygen atoms in total. The van der Waals surface area contributed by atoms with Crippen LogP contribution in [0.4, 0.5) is 0 Å². The molecule has 0 radical (unpaired) electrons. The summed E-state index contributed by atoms with van der Waals surface area (Å²) in [5, 5.41) is 3.09. The number of carbonyl (C=O) groups excluding carboxylic acids is 2. The molecule has 1 amide bonds. The molecule has 158 valence electrons. The normalized spacial score (nSPS) is 17.5. The molecular weight excluding hydrogens is 378 g/mol. The molecule has 2 atom stereocenters. The summed E-state index contributed by atoms with van der Waals surface area (Å²) in [5.41, 5.74) is 2.93. The lowest BCUT2D eigenvalue weighted by Crippen LogP contribution is -2.34. The Morgan fingerprint density at radius 3 is 2.30 bits per heavy atom. The van der Waals surface area contributed by atoms with Crippen LogP contribution in [0.2, 0.25) is 0 Å². The topological polar surface area (TPSA) is 64.6 Å². The quantitative estimate of drug-likeness (QED) is 0.628. The van der Waals surface area contributed by atoms with Crippen molar-refractivity contribution in [1.82, 2.24) is 5.32 Å². The van der Waals surface area contributed by atoms with E-state index < -0.39 is 0 Å². The SMILES string of the molecule is CCCC[C@H]1C=C(C(=O)c2ccccc2)c2cc(OC)c(OC)cc2[C@H]1NC(C)=O. The lowest BCUT2D eigenvalue weighted by molar-refractivity contribution is -0.120. The standard InChI is InChI=1S/C25H29NO4/c1-5-6-10-18-13-21(25(28)17-11-8-7-9-12-17)19-14-22(29-3)23(30-4)15-20(19)24(18)26-16(2)27/h7-9,11-15,18,24H,5-6,10H2,1-4H3,(H,26,27)/t18-,24-/m0/s1. The van der Waals surface area contributed by atoms with Gasteiger partial charge in [0, 0.05) is 24.0 Å². The lowest BCUT2D eigenvalue weighted by atomic mass is 9.76. The molecule has 0 heterocycles. The van der Waals surface area contributed by atoms with Gasteiger partial charge >= 0.3 is 0 Å². The van der Waals surface area contributed by atoms with Crippen LogP contribution in [0.3, 0.4) is 0 Å². The van der Waals surface area contributed by atoms with Crippen LogP contribution < -0.4 is 14.8 Å². The third-order valence-electron chi connectivity index (χ3n) is 5.52. The summed E-state index contributed by atoms with van der Waals surface area (Å²) < 4.78 is 11.0. The lowest BCUT2D eigenvalue weighted by Gasteiger charge is -2.33. The summed E-state index contributed by atoms with van der Waals surface area (Å²) in [5.74, 6) is 1.01. The van der Waals surface area contributed by atoms with Gasteiger partial charge in [0.15, 0.2) is 17.3 Å². The van der Waals surface area contributed by atoms with Gasteiger partial charge in [-0.25, -0.2) is 0 Å². The van der Waals surface area contributed by atoms with Crippen LogP contribution in [-0.4, -0.2) is 25.9 Å². The fraction of sp³-hybridized carbons (Fsp3) is 0.360. The molecule has 1 N–H and O–H groups in total. The molecule has 0 aromatic heterocycles. The first-order valence-corrected chi connectivity index (χ1v) is 10.3. The number of ketones is 1. The van der Waals surface area contributed by atoms with Crippen molar-refractivity contribution in [1.29, 1.82) is 0 Å². The number of amides is 1. The third-order valence-corrected chi connectivity index (χ3v) is 5.52. The summed E-state index contributed by atoms with van der Waals surface area (Å²) >= 11 is 0. The minimum absolute atomic E-state index is 0.0158. The second-order valence-electron chi connectivity index (χ2n) is 7.55. The molecule has 0 saturated heterocycles. The molecule has 0 unspecified atom stereocenters. The number of rotatable bonds is 8. The van der Waals surface area contributed by atoms with Crippen molar-refractivity contribution in [2.75, 3.05) is 14.2 Å². The van der Waals surface area contributed by atoms with E-state index in [2.05, 4.69) is 12.2 Å². The van der Waals surface area contributed by atoms with Gasteiger partial charge < -0.3 is 14.8 Å². The molecule has 2 aromatic carbocycles. The van der Waals surface area contributed by atoms with Crippen LogP contribution >= 0.6 is 0 Å². The van der Waals surface area contributed by atoms with E-state index >= 15 is 0 Å². The number of carbonyl (C=O) groups is 2. The fourth-order valence-electron chi connectivity index (χ4n) is 4.05. The van der Waals surface area contributed by atoms with Crippen molar-refractivity contribution in [3.05, 3.63) is 65.2 Å². The minimum atomic E-state index is -0.226. The maximum absolute atomic E-state index is 13.4. The first-order valence-electron chi connectivity index (χ1n) is 10.3. The Labute approximate surface area is 178 Å². The Balaban J connectivity index is 2.19. The number of benzene rings is 2. The number of methoxy groups -OCH3 is 2.